The molecule has 0 saturated heterocycles. The quantitative estimate of drug-likeness (QED) is 0.178. The van der Waals surface area contributed by atoms with Crippen LogP contribution >= 0.6 is 11.3 Å². The summed E-state index contributed by atoms with van der Waals surface area (Å²) >= 11 is 1.84. The molecule has 0 spiro atoms. The summed E-state index contributed by atoms with van der Waals surface area (Å²) < 4.78 is 7.42. The fourth-order valence-electron chi connectivity index (χ4n) is 8.92. The zero-order chi connectivity index (χ0) is 36.0. The van der Waals surface area contributed by atoms with Crippen LogP contribution in [0.2, 0.25) is 0 Å². The summed E-state index contributed by atoms with van der Waals surface area (Å²) in [5.41, 5.74) is 14.0. The summed E-state index contributed by atoms with van der Waals surface area (Å²) in [6, 6.07) is 68.3. The van der Waals surface area contributed by atoms with Gasteiger partial charge < -0.3 is 9.13 Å². The summed E-state index contributed by atoms with van der Waals surface area (Å²) in [5, 5.41) is 7.38. The summed E-state index contributed by atoms with van der Waals surface area (Å²) in [7, 11) is 0. The van der Waals surface area contributed by atoms with E-state index in [1.54, 1.807) is 0 Å². The van der Waals surface area contributed by atoms with Crippen LogP contribution in [-0.2, 0) is 0 Å². The predicted octanol–water partition coefficient (Wildman–Crippen LogP) is 14.1. The van der Waals surface area contributed by atoms with Crippen molar-refractivity contribution in [2.75, 3.05) is 0 Å². The molecule has 0 radical (unpaired) electrons. The highest BCUT2D eigenvalue weighted by Gasteiger charge is 2.22. The Morgan fingerprint density at radius 1 is 0.382 bits per heavy atom. The third-order valence-corrected chi connectivity index (χ3v) is 12.5. The Morgan fingerprint density at radius 2 is 0.927 bits per heavy atom. The highest BCUT2D eigenvalue weighted by molar-refractivity contribution is 7.26. The van der Waals surface area contributed by atoms with Gasteiger partial charge in [0.05, 0.1) is 37.8 Å². The van der Waals surface area contributed by atoms with Gasteiger partial charge in [0.15, 0.2) is 0 Å². The predicted molar refractivity (Wildman–Crippen MR) is 234 cm³/mol. The van der Waals surface area contributed by atoms with Crippen LogP contribution in [0.3, 0.4) is 0 Å². The topological polar surface area (TPSA) is 22.8 Å². The van der Waals surface area contributed by atoms with Gasteiger partial charge in [-0.1, -0.05) is 133 Å². The average Bonchev–Trinajstić information content (AvgIpc) is 3.91. The SMILES string of the molecule is c1ccc(-n2c3ccccc3c3ccc4c5ccccc5n(-c5cccc(-c6cccc(-c7c8ccccc8nc8c7sc7ccccc78)c6)c5)c4c32)cc1. The molecule has 12 rings (SSSR count). The lowest BCUT2D eigenvalue weighted by Gasteiger charge is -2.14. The number of hydrogen-bond donors (Lipinski definition) is 0. The molecule has 4 heterocycles. The van der Waals surface area contributed by atoms with E-state index < -0.39 is 0 Å². The van der Waals surface area contributed by atoms with Gasteiger partial charge in [-0.3, -0.25) is 0 Å². The van der Waals surface area contributed by atoms with Crippen LogP contribution in [0.5, 0.6) is 0 Å². The monoisotopic (exact) mass is 717 g/mol. The van der Waals surface area contributed by atoms with Crippen LogP contribution in [0.4, 0.5) is 0 Å². The summed E-state index contributed by atoms with van der Waals surface area (Å²) in [5.74, 6) is 0. The first-order valence-corrected chi connectivity index (χ1v) is 19.5. The first kappa shape index (κ1) is 30.5. The molecule has 4 heteroatoms. The highest BCUT2D eigenvalue weighted by Crippen LogP contribution is 2.45. The number of fused-ring (bicyclic) bond motifs is 11. The van der Waals surface area contributed by atoms with Crippen LogP contribution in [0.25, 0.3) is 108 Å². The molecule has 0 aliphatic carbocycles. The number of rotatable bonds is 4. The molecule has 0 aliphatic heterocycles. The molecule has 3 nitrogen and oxygen atoms in total. The molecule has 0 amide bonds. The van der Waals surface area contributed by atoms with E-state index >= 15 is 0 Å². The second-order valence-electron chi connectivity index (χ2n) is 14.3. The van der Waals surface area contributed by atoms with Crippen molar-refractivity contribution in [2.24, 2.45) is 0 Å². The zero-order valence-corrected chi connectivity index (χ0v) is 30.5. The van der Waals surface area contributed by atoms with Gasteiger partial charge in [0.25, 0.3) is 0 Å². The van der Waals surface area contributed by atoms with E-state index in [-0.39, 0.29) is 0 Å². The Hall–Kier alpha value is -7.01. The molecule has 55 heavy (non-hydrogen) atoms. The Labute approximate surface area is 320 Å². The molecule has 0 bridgehead atoms. The van der Waals surface area contributed by atoms with E-state index in [1.807, 2.05) is 11.3 Å². The zero-order valence-electron chi connectivity index (χ0n) is 29.6. The lowest BCUT2D eigenvalue weighted by molar-refractivity contribution is 1.15. The molecular formula is C51H31N3S. The molecule has 0 aliphatic rings. The van der Waals surface area contributed by atoms with Gasteiger partial charge in [-0.25, -0.2) is 4.98 Å². The maximum absolute atomic E-state index is 5.19. The Kier molecular flexibility index (Phi) is 6.50. The van der Waals surface area contributed by atoms with Crippen LogP contribution in [0.1, 0.15) is 0 Å². The third-order valence-electron chi connectivity index (χ3n) is 11.3. The summed E-state index contributed by atoms with van der Waals surface area (Å²) in [6.45, 7) is 0. The number of aromatic nitrogens is 3. The molecule has 256 valence electrons. The van der Waals surface area contributed by atoms with Crippen molar-refractivity contribution >= 4 is 86.2 Å². The molecule has 12 aromatic rings. The first-order valence-electron chi connectivity index (χ1n) is 18.7. The van der Waals surface area contributed by atoms with Gasteiger partial charge in [-0.2, -0.15) is 0 Å². The molecule has 4 aromatic heterocycles. The van der Waals surface area contributed by atoms with Crippen LogP contribution < -0.4 is 0 Å². The largest absolute Gasteiger partial charge is 0.307 e. The Bertz CT molecular complexity index is 3490. The fourth-order valence-corrected chi connectivity index (χ4v) is 10.1. The molecule has 0 N–H and O–H groups in total. The van der Waals surface area contributed by atoms with E-state index in [0.29, 0.717) is 0 Å². The standard InChI is InChI=1S/C51H31N3S/c1-2-17-35(18-3-1)53-44-25-9-5-20-37(44)39-28-29-40-38-21-6-10-26-45(38)54(50(40)49(39)53)36-19-13-15-33(31-36)32-14-12-16-34(30-32)47-41-22-4-8-24-43(41)52-48-42-23-7-11-27-46(42)55-51(47)48/h1-31H. The Morgan fingerprint density at radius 3 is 1.67 bits per heavy atom. The molecular weight excluding hydrogens is 687 g/mol. The molecule has 0 saturated carbocycles. The van der Waals surface area contributed by atoms with Gasteiger partial charge in [0, 0.05) is 54.0 Å². The van der Waals surface area contributed by atoms with Gasteiger partial charge in [0.1, 0.15) is 0 Å². The Balaban J connectivity index is 1.11. The van der Waals surface area contributed by atoms with Crippen molar-refractivity contribution in [3.05, 3.63) is 188 Å². The number of benzene rings is 8. The highest BCUT2D eigenvalue weighted by atomic mass is 32.1. The summed E-state index contributed by atoms with van der Waals surface area (Å²) in [4.78, 5) is 5.19. The van der Waals surface area contributed by atoms with Crippen molar-refractivity contribution in [3.8, 4) is 33.6 Å². The van der Waals surface area contributed by atoms with Crippen LogP contribution in [-0.4, -0.2) is 14.1 Å². The van der Waals surface area contributed by atoms with Gasteiger partial charge in [0.2, 0.25) is 0 Å². The third kappa shape index (κ3) is 4.46. The minimum Gasteiger partial charge on any atom is -0.307 e. The molecule has 8 aromatic carbocycles. The normalized spacial score (nSPS) is 12.0. The van der Waals surface area contributed by atoms with Gasteiger partial charge >= 0.3 is 0 Å². The van der Waals surface area contributed by atoms with Crippen molar-refractivity contribution in [1.29, 1.82) is 0 Å². The number of para-hydroxylation sites is 4. The van der Waals surface area contributed by atoms with E-state index in [1.165, 1.54) is 86.0 Å². The van der Waals surface area contributed by atoms with E-state index in [2.05, 4.69) is 197 Å². The minimum atomic E-state index is 1.02. The van der Waals surface area contributed by atoms with E-state index in [9.17, 15) is 0 Å². The number of pyridine rings is 1. The lowest BCUT2D eigenvalue weighted by atomic mass is 9.96. The number of thiophene rings is 1. The van der Waals surface area contributed by atoms with E-state index in [4.69, 9.17) is 4.98 Å². The smallest absolute Gasteiger partial charge is 0.0902 e. The van der Waals surface area contributed by atoms with Gasteiger partial charge in [-0.15, -0.1) is 11.3 Å². The van der Waals surface area contributed by atoms with Gasteiger partial charge in [-0.05, 0) is 71.3 Å². The summed E-state index contributed by atoms with van der Waals surface area (Å²) in [6.07, 6.45) is 0. The van der Waals surface area contributed by atoms with Crippen molar-refractivity contribution < 1.29 is 0 Å². The molecule has 0 unspecified atom stereocenters. The van der Waals surface area contributed by atoms with Crippen molar-refractivity contribution in [1.82, 2.24) is 14.1 Å². The fraction of sp³-hybridized carbons (Fsp3) is 0. The number of hydrogen-bond acceptors (Lipinski definition) is 2. The van der Waals surface area contributed by atoms with Crippen molar-refractivity contribution in [2.45, 2.75) is 0 Å². The second-order valence-corrected chi connectivity index (χ2v) is 15.4. The maximum atomic E-state index is 5.19. The van der Waals surface area contributed by atoms with Crippen LogP contribution in [0.15, 0.2) is 188 Å². The minimum absolute atomic E-state index is 1.02. The van der Waals surface area contributed by atoms with Crippen LogP contribution in [0, 0.1) is 0 Å². The second kappa shape index (κ2) is 11.7. The molecule has 0 fully saturated rings. The van der Waals surface area contributed by atoms with E-state index in [0.717, 1.165) is 22.4 Å². The maximum Gasteiger partial charge on any atom is 0.0902 e. The lowest BCUT2D eigenvalue weighted by Crippen LogP contribution is -1.98. The molecule has 0 atom stereocenters. The van der Waals surface area contributed by atoms with Crippen molar-refractivity contribution in [3.63, 3.8) is 0 Å². The average molecular weight is 718 g/mol. The number of nitrogens with zero attached hydrogens (tertiary/aromatic N) is 3. The first-order chi connectivity index (χ1) is 27.3.